The summed E-state index contributed by atoms with van der Waals surface area (Å²) < 4.78 is 1.12. The van der Waals surface area contributed by atoms with Crippen LogP contribution in [0.1, 0.15) is 28.8 Å². The third kappa shape index (κ3) is 5.10. The monoisotopic (exact) mass is 428 g/mol. The predicted octanol–water partition coefficient (Wildman–Crippen LogP) is 3.81. The van der Waals surface area contributed by atoms with Gasteiger partial charge in [0, 0.05) is 33.2 Å². The third-order valence-electron chi connectivity index (χ3n) is 3.11. The van der Waals surface area contributed by atoms with Crippen LogP contribution in [0.3, 0.4) is 0 Å². The van der Waals surface area contributed by atoms with Crippen LogP contribution in [0.15, 0.2) is 35.0 Å². The number of halogens is 1. The van der Waals surface area contributed by atoms with Crippen LogP contribution in [0.5, 0.6) is 0 Å². The topological polar surface area (TPSA) is 58.2 Å². The van der Waals surface area contributed by atoms with Gasteiger partial charge < -0.3 is 10.6 Å². The van der Waals surface area contributed by atoms with E-state index in [2.05, 4.69) is 33.2 Å². The fourth-order valence-corrected chi connectivity index (χ4v) is 2.99. The molecule has 2 rings (SSSR count). The molecular weight excluding hydrogens is 411 g/mol. The first-order chi connectivity index (χ1) is 10.6. The van der Waals surface area contributed by atoms with Gasteiger partial charge in [-0.2, -0.15) is 11.3 Å². The minimum Gasteiger partial charge on any atom is -0.352 e. The van der Waals surface area contributed by atoms with Crippen LogP contribution >= 0.6 is 33.9 Å². The van der Waals surface area contributed by atoms with Crippen LogP contribution < -0.4 is 10.6 Å². The van der Waals surface area contributed by atoms with Gasteiger partial charge in [-0.05, 0) is 65.1 Å². The first-order valence-electron chi connectivity index (χ1n) is 6.92. The maximum Gasteiger partial charge on any atom is 0.252 e. The Morgan fingerprint density at radius 1 is 1.27 bits per heavy atom. The van der Waals surface area contributed by atoms with Gasteiger partial charge in [0.15, 0.2) is 0 Å². The highest BCUT2D eigenvalue weighted by atomic mass is 127. The zero-order valence-electron chi connectivity index (χ0n) is 12.2. The van der Waals surface area contributed by atoms with Crippen molar-refractivity contribution in [2.45, 2.75) is 19.8 Å². The maximum atomic E-state index is 11.9. The smallest absolute Gasteiger partial charge is 0.252 e. The minimum atomic E-state index is -0.0882. The number of benzene rings is 1. The summed E-state index contributed by atoms with van der Waals surface area (Å²) in [5.41, 5.74) is 2.67. The third-order valence-corrected chi connectivity index (χ3v) is 4.95. The van der Waals surface area contributed by atoms with Gasteiger partial charge in [-0.25, -0.2) is 0 Å². The number of hydrogen-bond donors (Lipinski definition) is 2. The average molecular weight is 428 g/mol. The Hall–Kier alpha value is -1.41. The Morgan fingerprint density at radius 2 is 2.09 bits per heavy atom. The van der Waals surface area contributed by atoms with Crippen molar-refractivity contribution in [3.05, 3.63) is 49.7 Å². The molecule has 2 N–H and O–H groups in total. The molecule has 0 aliphatic heterocycles. The zero-order chi connectivity index (χ0) is 15.9. The molecule has 0 radical (unpaired) electrons. The lowest BCUT2D eigenvalue weighted by Gasteiger charge is -2.07. The van der Waals surface area contributed by atoms with E-state index in [0.29, 0.717) is 24.9 Å². The molecule has 0 bridgehead atoms. The molecule has 2 aromatic rings. The standard InChI is InChI=1S/C16H17IN2O2S/c1-11-4-5-13(9-14(11)17)19-15(20)3-2-7-18-16(21)12-6-8-22-10-12/h4-6,8-10H,2-3,7H2,1H3,(H,18,21)(H,19,20). The van der Waals surface area contributed by atoms with Crippen molar-refractivity contribution >= 4 is 51.4 Å². The number of rotatable bonds is 6. The summed E-state index contributed by atoms with van der Waals surface area (Å²) in [6.07, 6.45) is 0.999. The summed E-state index contributed by atoms with van der Waals surface area (Å²) in [6.45, 7) is 2.52. The summed E-state index contributed by atoms with van der Waals surface area (Å²) in [5.74, 6) is -0.126. The number of anilines is 1. The van der Waals surface area contributed by atoms with Gasteiger partial charge in [-0.3, -0.25) is 9.59 Å². The Kier molecular flexibility index (Phi) is 6.38. The Labute approximate surface area is 147 Å². The summed E-state index contributed by atoms with van der Waals surface area (Å²) in [7, 11) is 0. The van der Waals surface area contributed by atoms with Crippen molar-refractivity contribution in [1.29, 1.82) is 0 Å². The highest BCUT2D eigenvalue weighted by Gasteiger charge is 2.06. The molecule has 0 saturated carbocycles. The first kappa shape index (κ1) is 17.0. The van der Waals surface area contributed by atoms with Gasteiger partial charge >= 0.3 is 0 Å². The van der Waals surface area contributed by atoms with Gasteiger partial charge in [0.2, 0.25) is 5.91 Å². The maximum absolute atomic E-state index is 11.9. The fraction of sp³-hybridized carbons (Fsp3) is 0.250. The molecule has 0 spiro atoms. The Morgan fingerprint density at radius 3 is 2.77 bits per heavy atom. The Bertz CT molecular complexity index is 656. The van der Waals surface area contributed by atoms with Crippen molar-refractivity contribution in [3.8, 4) is 0 Å². The van der Waals surface area contributed by atoms with Gasteiger partial charge in [-0.1, -0.05) is 6.07 Å². The first-order valence-corrected chi connectivity index (χ1v) is 8.95. The Balaban J connectivity index is 1.69. The number of amides is 2. The van der Waals surface area contributed by atoms with E-state index in [-0.39, 0.29) is 11.8 Å². The van der Waals surface area contributed by atoms with E-state index in [9.17, 15) is 9.59 Å². The van der Waals surface area contributed by atoms with Gasteiger partial charge in [0.05, 0.1) is 0 Å². The average Bonchev–Trinajstić information content (AvgIpc) is 3.01. The highest BCUT2D eigenvalue weighted by Crippen LogP contribution is 2.17. The molecule has 6 heteroatoms. The summed E-state index contributed by atoms with van der Waals surface area (Å²) in [6, 6.07) is 7.62. The van der Waals surface area contributed by atoms with Crippen molar-refractivity contribution in [2.24, 2.45) is 0 Å². The van der Waals surface area contributed by atoms with Crippen LogP contribution in [0.2, 0.25) is 0 Å². The number of aryl methyl sites for hydroxylation is 1. The van der Waals surface area contributed by atoms with Crippen molar-refractivity contribution in [2.75, 3.05) is 11.9 Å². The molecule has 0 fully saturated rings. The van der Waals surface area contributed by atoms with E-state index >= 15 is 0 Å². The van der Waals surface area contributed by atoms with E-state index in [1.54, 1.807) is 11.4 Å². The number of thiophene rings is 1. The molecule has 1 heterocycles. The minimum absolute atomic E-state index is 0.0376. The molecule has 0 aliphatic carbocycles. The van der Waals surface area contributed by atoms with Crippen LogP contribution in [0, 0.1) is 10.5 Å². The lowest BCUT2D eigenvalue weighted by molar-refractivity contribution is -0.116. The lowest BCUT2D eigenvalue weighted by atomic mass is 10.2. The molecule has 4 nitrogen and oxygen atoms in total. The molecule has 0 aliphatic rings. The second-order valence-electron chi connectivity index (χ2n) is 4.88. The zero-order valence-corrected chi connectivity index (χ0v) is 15.2. The number of hydrogen-bond acceptors (Lipinski definition) is 3. The molecule has 0 unspecified atom stereocenters. The van der Waals surface area contributed by atoms with E-state index in [4.69, 9.17) is 0 Å². The molecule has 0 saturated heterocycles. The normalized spacial score (nSPS) is 10.3. The largest absolute Gasteiger partial charge is 0.352 e. The van der Waals surface area contributed by atoms with Crippen LogP contribution in [-0.4, -0.2) is 18.4 Å². The molecule has 2 amide bonds. The number of carbonyl (C=O) groups excluding carboxylic acids is 2. The molecular formula is C16H17IN2O2S. The second-order valence-corrected chi connectivity index (χ2v) is 6.83. The highest BCUT2D eigenvalue weighted by molar-refractivity contribution is 14.1. The van der Waals surface area contributed by atoms with Gasteiger partial charge in [0.1, 0.15) is 0 Å². The quantitative estimate of drug-likeness (QED) is 0.543. The van der Waals surface area contributed by atoms with E-state index < -0.39 is 0 Å². The van der Waals surface area contributed by atoms with E-state index in [1.807, 2.05) is 30.5 Å². The SMILES string of the molecule is Cc1ccc(NC(=O)CCCNC(=O)c2ccsc2)cc1I. The van der Waals surface area contributed by atoms with Crippen molar-refractivity contribution < 1.29 is 9.59 Å². The predicted molar refractivity (Wildman–Crippen MR) is 98.4 cm³/mol. The molecule has 1 aromatic heterocycles. The van der Waals surface area contributed by atoms with Crippen molar-refractivity contribution in [3.63, 3.8) is 0 Å². The second kappa shape index (κ2) is 8.28. The van der Waals surface area contributed by atoms with Crippen LogP contribution in [0.4, 0.5) is 5.69 Å². The molecule has 1 aromatic carbocycles. The van der Waals surface area contributed by atoms with E-state index in [0.717, 1.165) is 9.26 Å². The van der Waals surface area contributed by atoms with E-state index in [1.165, 1.54) is 16.9 Å². The number of nitrogens with one attached hydrogen (secondary N) is 2. The molecule has 0 atom stereocenters. The molecule has 22 heavy (non-hydrogen) atoms. The number of carbonyl (C=O) groups is 2. The van der Waals surface area contributed by atoms with Crippen molar-refractivity contribution in [1.82, 2.24) is 5.32 Å². The summed E-state index contributed by atoms with van der Waals surface area (Å²) >= 11 is 3.74. The lowest BCUT2D eigenvalue weighted by Crippen LogP contribution is -2.25. The van der Waals surface area contributed by atoms with Gasteiger partial charge in [-0.15, -0.1) is 0 Å². The molecule has 116 valence electrons. The summed E-state index contributed by atoms with van der Waals surface area (Å²) in [5, 5.41) is 9.35. The summed E-state index contributed by atoms with van der Waals surface area (Å²) in [4.78, 5) is 23.6. The van der Waals surface area contributed by atoms with Crippen LogP contribution in [0.25, 0.3) is 0 Å². The van der Waals surface area contributed by atoms with Gasteiger partial charge in [0.25, 0.3) is 5.91 Å². The van der Waals surface area contributed by atoms with Crippen LogP contribution in [-0.2, 0) is 4.79 Å². The fourth-order valence-electron chi connectivity index (χ4n) is 1.84.